The van der Waals surface area contributed by atoms with Gasteiger partial charge < -0.3 is 14.3 Å². The highest BCUT2D eigenvalue weighted by Gasteiger charge is 2.15. The second-order valence-electron chi connectivity index (χ2n) is 5.65. The van der Waals surface area contributed by atoms with Gasteiger partial charge in [0.2, 0.25) is 5.91 Å². The quantitative estimate of drug-likeness (QED) is 0.682. The van der Waals surface area contributed by atoms with E-state index in [0.717, 1.165) is 29.3 Å². The van der Waals surface area contributed by atoms with E-state index in [4.69, 9.17) is 4.42 Å². The Morgan fingerprint density at radius 1 is 1.32 bits per heavy atom. The van der Waals surface area contributed by atoms with Gasteiger partial charge in [-0.15, -0.1) is 10.2 Å². The van der Waals surface area contributed by atoms with Gasteiger partial charge in [0.25, 0.3) is 0 Å². The molecule has 0 radical (unpaired) electrons. The van der Waals surface area contributed by atoms with Crippen LogP contribution < -0.4 is 5.32 Å². The minimum Gasteiger partial charge on any atom is -0.469 e. The number of nitrogens with one attached hydrogen (secondary N) is 1. The summed E-state index contributed by atoms with van der Waals surface area (Å²) in [7, 11) is 1.88. The number of carbonyl (C=O) groups is 1. The number of hydrogen-bond donors (Lipinski definition) is 1. The zero-order chi connectivity index (χ0) is 17.8. The fourth-order valence-corrected chi connectivity index (χ4v) is 3.20. The van der Waals surface area contributed by atoms with Crippen LogP contribution in [0.15, 0.2) is 46.2 Å². The van der Waals surface area contributed by atoms with Gasteiger partial charge in [-0.25, -0.2) is 0 Å². The van der Waals surface area contributed by atoms with Crippen molar-refractivity contribution in [2.45, 2.75) is 25.4 Å². The van der Waals surface area contributed by atoms with E-state index in [2.05, 4.69) is 22.4 Å². The molecule has 0 fully saturated rings. The van der Waals surface area contributed by atoms with Gasteiger partial charge in [0.15, 0.2) is 11.0 Å². The minimum atomic E-state index is -0.0673. The minimum absolute atomic E-state index is 0.0673. The molecule has 1 N–H and O–H groups in total. The molecule has 1 aromatic carbocycles. The Morgan fingerprint density at radius 2 is 2.16 bits per heavy atom. The highest BCUT2D eigenvalue weighted by atomic mass is 32.2. The van der Waals surface area contributed by atoms with E-state index in [-0.39, 0.29) is 11.7 Å². The molecule has 0 aliphatic carbocycles. The van der Waals surface area contributed by atoms with Crippen molar-refractivity contribution < 1.29 is 9.21 Å². The van der Waals surface area contributed by atoms with Crippen LogP contribution in [0.25, 0.3) is 11.4 Å². The van der Waals surface area contributed by atoms with Crippen molar-refractivity contribution >= 4 is 23.4 Å². The van der Waals surface area contributed by atoms with Gasteiger partial charge in [0.05, 0.1) is 17.6 Å². The number of furan rings is 1. The molecule has 6 nitrogen and oxygen atoms in total. The first kappa shape index (κ1) is 17.3. The molecular formula is C18H20N4O2S. The van der Waals surface area contributed by atoms with E-state index < -0.39 is 0 Å². The zero-order valence-corrected chi connectivity index (χ0v) is 15.3. The Morgan fingerprint density at radius 3 is 2.88 bits per heavy atom. The van der Waals surface area contributed by atoms with Crippen LogP contribution in [0.2, 0.25) is 0 Å². The number of rotatable bonds is 6. The van der Waals surface area contributed by atoms with E-state index in [0.29, 0.717) is 5.16 Å². The van der Waals surface area contributed by atoms with Gasteiger partial charge in [0, 0.05) is 12.7 Å². The number of thioether (sulfide) groups is 1. The summed E-state index contributed by atoms with van der Waals surface area (Å²) in [5.74, 6) is 1.72. The molecular weight excluding hydrogens is 336 g/mol. The number of benzene rings is 1. The van der Waals surface area contributed by atoms with Crippen molar-refractivity contribution in [1.29, 1.82) is 0 Å². The lowest BCUT2D eigenvalue weighted by atomic mass is 10.1. The Bertz CT molecular complexity index is 885. The third-order valence-electron chi connectivity index (χ3n) is 3.89. The van der Waals surface area contributed by atoms with Crippen LogP contribution in [0, 0.1) is 6.92 Å². The number of amides is 1. The number of nitrogens with zero attached hydrogens (tertiary/aromatic N) is 3. The normalized spacial score (nSPS) is 10.8. The summed E-state index contributed by atoms with van der Waals surface area (Å²) in [6, 6.07) is 9.74. The third-order valence-corrected chi connectivity index (χ3v) is 4.91. The van der Waals surface area contributed by atoms with E-state index in [1.54, 1.807) is 6.26 Å². The lowest BCUT2D eigenvalue weighted by Crippen LogP contribution is -2.14. The predicted molar refractivity (Wildman–Crippen MR) is 98.6 cm³/mol. The number of aromatic nitrogens is 3. The summed E-state index contributed by atoms with van der Waals surface area (Å²) in [6.07, 6.45) is 2.57. The first-order chi connectivity index (χ1) is 12.1. The van der Waals surface area contributed by atoms with Crippen LogP contribution in [-0.4, -0.2) is 26.4 Å². The van der Waals surface area contributed by atoms with E-state index in [9.17, 15) is 4.79 Å². The van der Waals surface area contributed by atoms with Crippen LogP contribution in [0.5, 0.6) is 0 Å². The van der Waals surface area contributed by atoms with Crippen LogP contribution in [0.1, 0.15) is 18.2 Å². The molecule has 0 unspecified atom stereocenters. The molecule has 0 aliphatic rings. The maximum atomic E-state index is 12.2. The summed E-state index contributed by atoms with van der Waals surface area (Å²) in [4.78, 5) is 12.2. The van der Waals surface area contributed by atoms with Crippen LogP contribution >= 0.6 is 11.8 Å². The van der Waals surface area contributed by atoms with E-state index >= 15 is 0 Å². The molecule has 0 bridgehead atoms. The second-order valence-corrected chi connectivity index (χ2v) is 6.59. The fourth-order valence-electron chi connectivity index (χ4n) is 2.49. The molecule has 130 valence electrons. The molecule has 7 heteroatoms. The molecule has 0 aliphatic heterocycles. The molecule has 2 heterocycles. The summed E-state index contributed by atoms with van der Waals surface area (Å²) < 4.78 is 7.18. The Hall–Kier alpha value is -2.54. The van der Waals surface area contributed by atoms with Crippen molar-refractivity contribution in [3.8, 4) is 11.4 Å². The second kappa shape index (κ2) is 7.57. The first-order valence-electron chi connectivity index (χ1n) is 8.04. The fraction of sp³-hybridized carbons (Fsp3) is 0.278. The smallest absolute Gasteiger partial charge is 0.234 e. The van der Waals surface area contributed by atoms with Gasteiger partial charge in [0.1, 0.15) is 5.76 Å². The largest absolute Gasteiger partial charge is 0.469 e. The molecule has 3 aromatic rings. The predicted octanol–water partition coefficient (Wildman–Crippen LogP) is 3.68. The highest BCUT2D eigenvalue weighted by molar-refractivity contribution is 7.99. The molecule has 0 atom stereocenters. The zero-order valence-electron chi connectivity index (χ0n) is 14.4. The molecule has 1 amide bonds. The number of aryl methyl sites for hydroxylation is 2. The van der Waals surface area contributed by atoms with Crippen LogP contribution in [0.3, 0.4) is 0 Å². The van der Waals surface area contributed by atoms with Gasteiger partial charge in [-0.1, -0.05) is 30.8 Å². The van der Waals surface area contributed by atoms with Crippen molar-refractivity contribution in [1.82, 2.24) is 14.8 Å². The topological polar surface area (TPSA) is 73.0 Å². The molecule has 3 rings (SSSR count). The third kappa shape index (κ3) is 3.93. The molecule has 0 saturated carbocycles. The van der Waals surface area contributed by atoms with Gasteiger partial charge >= 0.3 is 0 Å². The van der Waals surface area contributed by atoms with Crippen molar-refractivity contribution in [2.75, 3.05) is 11.1 Å². The van der Waals surface area contributed by atoms with Crippen molar-refractivity contribution in [2.24, 2.45) is 7.05 Å². The SMILES string of the molecule is CCc1cccc(NC(=O)CSc2nnc(-c3ccoc3C)n2C)c1. The van der Waals surface area contributed by atoms with Gasteiger partial charge in [-0.2, -0.15) is 0 Å². The van der Waals surface area contributed by atoms with Crippen molar-refractivity contribution in [3.63, 3.8) is 0 Å². The Balaban J connectivity index is 1.63. The lowest BCUT2D eigenvalue weighted by Gasteiger charge is -2.07. The van der Waals surface area contributed by atoms with Crippen LogP contribution in [-0.2, 0) is 18.3 Å². The summed E-state index contributed by atoms with van der Waals surface area (Å²) in [6.45, 7) is 3.97. The molecule has 0 spiro atoms. The average Bonchev–Trinajstić information content (AvgIpc) is 3.18. The van der Waals surface area contributed by atoms with E-state index in [1.807, 2.05) is 48.9 Å². The lowest BCUT2D eigenvalue weighted by molar-refractivity contribution is -0.113. The van der Waals surface area contributed by atoms with Crippen LogP contribution in [0.4, 0.5) is 5.69 Å². The summed E-state index contributed by atoms with van der Waals surface area (Å²) in [5.41, 5.74) is 2.92. The monoisotopic (exact) mass is 356 g/mol. The Kier molecular flexibility index (Phi) is 5.23. The number of carbonyl (C=O) groups excluding carboxylic acids is 1. The summed E-state index contributed by atoms with van der Waals surface area (Å²) in [5, 5.41) is 12.0. The number of anilines is 1. The molecule has 2 aromatic heterocycles. The highest BCUT2D eigenvalue weighted by Crippen LogP contribution is 2.25. The summed E-state index contributed by atoms with van der Waals surface area (Å²) >= 11 is 1.36. The van der Waals surface area contributed by atoms with Gasteiger partial charge in [-0.05, 0) is 37.1 Å². The first-order valence-corrected chi connectivity index (χ1v) is 9.02. The maximum Gasteiger partial charge on any atom is 0.234 e. The van der Waals surface area contributed by atoms with Gasteiger partial charge in [-0.3, -0.25) is 4.79 Å². The molecule has 25 heavy (non-hydrogen) atoms. The standard InChI is InChI=1S/C18H20N4O2S/c1-4-13-6-5-7-14(10-13)19-16(23)11-25-18-21-20-17(22(18)3)15-8-9-24-12(15)2/h5-10H,4,11H2,1-3H3,(H,19,23). The van der Waals surface area contributed by atoms with Crippen molar-refractivity contribution in [3.05, 3.63) is 47.9 Å². The maximum absolute atomic E-state index is 12.2. The average molecular weight is 356 g/mol. The number of hydrogen-bond acceptors (Lipinski definition) is 5. The molecule has 0 saturated heterocycles. The Labute approximate surface area is 150 Å². The van der Waals surface area contributed by atoms with E-state index in [1.165, 1.54) is 17.3 Å².